The van der Waals surface area contributed by atoms with Crippen molar-refractivity contribution in [3.8, 4) is 22.6 Å². The van der Waals surface area contributed by atoms with E-state index in [1.165, 1.54) is 0 Å². The number of nitrogens with zero attached hydrogens (tertiary/aromatic N) is 1. The third-order valence-corrected chi connectivity index (χ3v) is 7.42. The summed E-state index contributed by atoms with van der Waals surface area (Å²) in [6, 6.07) is 33.2. The van der Waals surface area contributed by atoms with Gasteiger partial charge in [-0.1, -0.05) is 72.8 Å². The van der Waals surface area contributed by atoms with E-state index in [-0.39, 0.29) is 18.9 Å². The second kappa shape index (κ2) is 13.9. The fraction of sp³-hybridized carbons (Fsp3) is 0.222. The molecular weight excluding hydrogens is 540 g/mol. The number of ether oxygens (including phenoxy) is 3. The topological polar surface area (TPSA) is 89.4 Å². The van der Waals surface area contributed by atoms with Gasteiger partial charge in [0.15, 0.2) is 11.6 Å². The first-order valence-electron chi connectivity index (χ1n) is 14.3. The quantitative estimate of drug-likeness (QED) is 0.145. The second-order valence-corrected chi connectivity index (χ2v) is 10.3. The molecule has 1 aliphatic rings. The van der Waals surface area contributed by atoms with Gasteiger partial charge in [-0.2, -0.15) is 0 Å². The molecule has 1 amide bonds. The molecule has 0 bridgehead atoms. The summed E-state index contributed by atoms with van der Waals surface area (Å²) in [4.78, 5) is 19.1. The lowest BCUT2D eigenvalue weighted by Crippen LogP contribution is -2.47. The predicted molar refractivity (Wildman–Crippen MR) is 168 cm³/mol. The lowest BCUT2D eigenvalue weighted by Gasteiger charge is -2.30. The molecule has 4 aromatic carbocycles. The largest absolute Gasteiger partial charge is 0.497 e. The number of amides is 1. The monoisotopic (exact) mass is 576 g/mol. The Morgan fingerprint density at radius 3 is 2.23 bits per heavy atom. The molecule has 5 rings (SSSR count). The normalized spacial score (nSPS) is 17.4. The van der Waals surface area contributed by atoms with E-state index in [2.05, 4.69) is 24.0 Å². The van der Waals surface area contributed by atoms with E-state index in [0.717, 1.165) is 33.6 Å². The summed E-state index contributed by atoms with van der Waals surface area (Å²) in [6.45, 7) is 4.78. The summed E-state index contributed by atoms with van der Waals surface area (Å²) in [6.07, 6.45) is 1.87. The lowest BCUT2D eigenvalue weighted by atomic mass is 9.84. The van der Waals surface area contributed by atoms with E-state index < -0.39 is 11.6 Å². The number of carbonyl (C=O) groups is 1. The highest BCUT2D eigenvalue weighted by molar-refractivity contribution is 6.01. The Kier molecular flexibility index (Phi) is 9.54. The molecule has 0 aromatic heterocycles. The first-order valence-corrected chi connectivity index (χ1v) is 14.3. The number of aliphatic hydroxyl groups excluding tert-OH is 1. The van der Waals surface area contributed by atoms with E-state index >= 15 is 0 Å². The summed E-state index contributed by atoms with van der Waals surface area (Å²) in [7, 11) is 1.62. The number of nitrogens with one attached hydrogen (secondary N) is 1. The maximum atomic E-state index is 14.1. The number of hydrogen-bond acceptors (Lipinski definition) is 6. The van der Waals surface area contributed by atoms with Gasteiger partial charge >= 0.3 is 0 Å². The molecule has 43 heavy (non-hydrogen) atoms. The van der Waals surface area contributed by atoms with Crippen molar-refractivity contribution in [2.45, 2.75) is 31.0 Å². The molecule has 0 saturated heterocycles. The number of rotatable bonds is 13. The van der Waals surface area contributed by atoms with Gasteiger partial charge in [0.1, 0.15) is 11.5 Å². The van der Waals surface area contributed by atoms with Gasteiger partial charge in [0, 0.05) is 31.6 Å². The molecule has 0 spiro atoms. The third-order valence-electron chi connectivity index (χ3n) is 7.42. The van der Waals surface area contributed by atoms with Gasteiger partial charge in [-0.3, -0.25) is 4.79 Å². The molecular formula is C36H36N2O5. The van der Waals surface area contributed by atoms with Gasteiger partial charge < -0.3 is 24.6 Å². The first kappa shape index (κ1) is 29.6. The maximum absolute atomic E-state index is 14.1. The number of methoxy groups -OCH3 is 1. The van der Waals surface area contributed by atoms with Crippen molar-refractivity contribution in [2.24, 2.45) is 4.99 Å². The van der Waals surface area contributed by atoms with E-state index in [9.17, 15) is 4.79 Å². The highest BCUT2D eigenvalue weighted by Crippen LogP contribution is 2.43. The van der Waals surface area contributed by atoms with Crippen molar-refractivity contribution in [1.82, 2.24) is 5.32 Å². The van der Waals surface area contributed by atoms with E-state index in [0.29, 0.717) is 31.2 Å². The fourth-order valence-corrected chi connectivity index (χ4v) is 5.09. The number of benzene rings is 4. The van der Waals surface area contributed by atoms with Crippen LogP contribution < -0.4 is 14.8 Å². The highest BCUT2D eigenvalue weighted by atomic mass is 16.5. The Balaban J connectivity index is 1.46. The first-order chi connectivity index (χ1) is 21.1. The molecule has 220 valence electrons. The number of hydrogen-bond donors (Lipinski definition) is 2. The van der Waals surface area contributed by atoms with Crippen LogP contribution in [0.3, 0.4) is 0 Å². The van der Waals surface area contributed by atoms with Gasteiger partial charge in [0.05, 0.1) is 13.7 Å². The number of aliphatic imine (C=N–C) groups is 1. The Hall–Kier alpha value is -4.88. The van der Waals surface area contributed by atoms with Crippen molar-refractivity contribution in [2.75, 3.05) is 20.3 Å². The number of aliphatic hydroxyl groups is 1. The maximum Gasteiger partial charge on any atom is 0.252 e. The Bertz CT molecular complexity index is 1530. The third kappa shape index (κ3) is 6.79. The molecule has 4 aromatic rings. The molecule has 7 nitrogen and oxygen atoms in total. The van der Waals surface area contributed by atoms with Crippen molar-refractivity contribution in [3.05, 3.63) is 132 Å². The van der Waals surface area contributed by atoms with Gasteiger partial charge in [0.2, 0.25) is 5.90 Å². The molecule has 0 unspecified atom stereocenters. The minimum atomic E-state index is -1.27. The smallest absolute Gasteiger partial charge is 0.252 e. The molecule has 1 heterocycles. The van der Waals surface area contributed by atoms with Crippen LogP contribution in [0, 0.1) is 0 Å². The molecule has 2 N–H and O–H groups in total. The SMILES string of the molecule is C=CC[C@@]1(C(=O)NCc2ccc(OC)cc2)N=C(c2ccc(OCCCO)cc2)O[C@@H]1c1ccc(-c2ccccc2)cc1. The van der Waals surface area contributed by atoms with Crippen LogP contribution in [0.2, 0.25) is 0 Å². The molecule has 0 saturated carbocycles. The van der Waals surface area contributed by atoms with Crippen LogP contribution >= 0.6 is 0 Å². The van der Waals surface area contributed by atoms with E-state index in [4.69, 9.17) is 24.3 Å². The summed E-state index contributed by atoms with van der Waals surface area (Å²) in [5.41, 5.74) is 3.41. The summed E-state index contributed by atoms with van der Waals surface area (Å²) in [5.74, 6) is 1.55. The summed E-state index contributed by atoms with van der Waals surface area (Å²) in [5, 5.41) is 12.1. The van der Waals surface area contributed by atoms with Crippen molar-refractivity contribution < 1.29 is 24.1 Å². The van der Waals surface area contributed by atoms with Gasteiger partial charge in [-0.05, 0) is 58.7 Å². The Morgan fingerprint density at radius 2 is 1.58 bits per heavy atom. The van der Waals surface area contributed by atoms with Crippen LogP contribution in [-0.2, 0) is 16.1 Å². The van der Waals surface area contributed by atoms with Crippen LogP contribution in [-0.4, -0.2) is 42.8 Å². The average Bonchev–Trinajstić information content (AvgIpc) is 3.45. The van der Waals surface area contributed by atoms with Crippen LogP contribution in [0.4, 0.5) is 0 Å². The van der Waals surface area contributed by atoms with E-state index in [1.807, 2.05) is 91.0 Å². The Labute approximate surface area is 252 Å². The zero-order chi connectivity index (χ0) is 30.1. The fourth-order valence-electron chi connectivity index (χ4n) is 5.09. The van der Waals surface area contributed by atoms with Gasteiger partial charge in [-0.15, -0.1) is 6.58 Å². The lowest BCUT2D eigenvalue weighted by molar-refractivity contribution is -0.129. The minimum absolute atomic E-state index is 0.0718. The van der Waals surface area contributed by atoms with E-state index in [1.54, 1.807) is 13.2 Å². The molecule has 1 aliphatic heterocycles. The summed E-state index contributed by atoms with van der Waals surface area (Å²) >= 11 is 0. The van der Waals surface area contributed by atoms with Crippen molar-refractivity contribution >= 4 is 11.8 Å². The number of carbonyl (C=O) groups excluding carboxylic acids is 1. The van der Waals surface area contributed by atoms with Crippen LogP contribution in [0.5, 0.6) is 11.5 Å². The molecule has 0 aliphatic carbocycles. The zero-order valence-electron chi connectivity index (χ0n) is 24.2. The minimum Gasteiger partial charge on any atom is -0.497 e. The molecule has 7 heteroatoms. The van der Waals surface area contributed by atoms with Gasteiger partial charge in [-0.25, -0.2) is 4.99 Å². The Morgan fingerprint density at radius 1 is 0.930 bits per heavy atom. The second-order valence-electron chi connectivity index (χ2n) is 10.3. The molecule has 0 fully saturated rings. The highest BCUT2D eigenvalue weighted by Gasteiger charge is 2.52. The van der Waals surface area contributed by atoms with Crippen molar-refractivity contribution in [1.29, 1.82) is 0 Å². The van der Waals surface area contributed by atoms with Crippen LogP contribution in [0.25, 0.3) is 11.1 Å². The standard InChI is InChI=1S/C36H36N2O5/c1-3-22-36(35(40)37-25-26-10-18-31(41-2)19-11-26)33(29-14-12-28(13-15-29)27-8-5-4-6-9-27)43-34(38-36)30-16-20-32(21-17-30)42-24-7-23-39/h3-6,8-21,33,39H,1,7,22-25H2,2H3,(H,37,40)/t33-,36-/m1/s1. The average molecular weight is 577 g/mol. The predicted octanol–water partition coefficient (Wildman–Crippen LogP) is 6.27. The van der Waals surface area contributed by atoms with Crippen LogP contribution in [0.1, 0.15) is 35.6 Å². The summed E-state index contributed by atoms with van der Waals surface area (Å²) < 4.78 is 17.5. The van der Waals surface area contributed by atoms with Crippen LogP contribution in [0.15, 0.2) is 121 Å². The van der Waals surface area contributed by atoms with Crippen molar-refractivity contribution in [3.63, 3.8) is 0 Å². The molecule has 0 radical (unpaired) electrons. The molecule has 2 atom stereocenters. The zero-order valence-corrected chi connectivity index (χ0v) is 24.2. The van der Waals surface area contributed by atoms with Gasteiger partial charge in [0.25, 0.3) is 5.91 Å².